The number of hydrogen-bond acceptors (Lipinski definition) is 7. The fourth-order valence-electron chi connectivity index (χ4n) is 3.97. The van der Waals surface area contributed by atoms with E-state index >= 15 is 0 Å². The van der Waals surface area contributed by atoms with E-state index in [1.165, 1.54) is 12.1 Å². The number of halogens is 4. The van der Waals surface area contributed by atoms with Crippen molar-refractivity contribution in [3.63, 3.8) is 0 Å². The van der Waals surface area contributed by atoms with Crippen molar-refractivity contribution >= 4 is 22.2 Å². The SMILES string of the molecule is O=C[C@@]1(C(=O)NCc2cc(-c3ccc(C(F)(F)F)nc3)ncn2)CCCN1S(=O)(=O)c1ccc(F)cc1. The minimum Gasteiger partial charge on any atom is -0.348 e. The van der Waals surface area contributed by atoms with Crippen molar-refractivity contribution in [3.05, 3.63) is 72.2 Å². The number of amides is 1. The summed E-state index contributed by atoms with van der Waals surface area (Å²) >= 11 is 0. The highest BCUT2D eigenvalue weighted by molar-refractivity contribution is 7.89. The smallest absolute Gasteiger partial charge is 0.348 e. The van der Waals surface area contributed by atoms with E-state index in [0.29, 0.717) is 0 Å². The Kier molecular flexibility index (Phi) is 7.06. The van der Waals surface area contributed by atoms with Crippen molar-refractivity contribution < 1.29 is 35.6 Å². The molecular weight excluding hydrogens is 518 g/mol. The molecule has 0 radical (unpaired) electrons. The molecule has 14 heteroatoms. The van der Waals surface area contributed by atoms with E-state index in [4.69, 9.17) is 0 Å². The molecule has 194 valence electrons. The second kappa shape index (κ2) is 9.94. The van der Waals surface area contributed by atoms with Gasteiger partial charge >= 0.3 is 6.18 Å². The third-order valence-corrected chi connectivity index (χ3v) is 7.81. The van der Waals surface area contributed by atoms with Crippen molar-refractivity contribution in [1.29, 1.82) is 0 Å². The number of nitrogens with one attached hydrogen (secondary N) is 1. The first-order chi connectivity index (χ1) is 17.5. The molecule has 3 heterocycles. The van der Waals surface area contributed by atoms with Crippen LogP contribution in [0.15, 0.2) is 59.9 Å². The Hall–Kier alpha value is -3.78. The van der Waals surface area contributed by atoms with Gasteiger partial charge in [-0.1, -0.05) is 0 Å². The number of nitrogens with zero attached hydrogens (tertiary/aromatic N) is 4. The molecule has 4 rings (SSSR count). The van der Waals surface area contributed by atoms with Crippen molar-refractivity contribution in [2.24, 2.45) is 0 Å². The molecule has 1 amide bonds. The highest BCUT2D eigenvalue weighted by Gasteiger charge is 2.53. The number of hydrogen-bond donors (Lipinski definition) is 1. The lowest BCUT2D eigenvalue weighted by Crippen LogP contribution is -2.58. The summed E-state index contributed by atoms with van der Waals surface area (Å²) in [6.45, 7) is -0.313. The lowest BCUT2D eigenvalue weighted by atomic mass is 9.98. The van der Waals surface area contributed by atoms with E-state index < -0.39 is 39.2 Å². The first kappa shape index (κ1) is 26.3. The predicted octanol–water partition coefficient (Wildman–Crippen LogP) is 2.74. The summed E-state index contributed by atoms with van der Waals surface area (Å²) < 4.78 is 78.6. The van der Waals surface area contributed by atoms with Crippen LogP contribution in [0.25, 0.3) is 11.3 Å². The van der Waals surface area contributed by atoms with Crippen LogP contribution in [0.2, 0.25) is 0 Å². The number of benzene rings is 1. The molecule has 1 saturated heterocycles. The molecule has 3 aromatic rings. The van der Waals surface area contributed by atoms with Gasteiger partial charge in [-0.15, -0.1) is 0 Å². The zero-order valence-corrected chi connectivity index (χ0v) is 19.8. The highest BCUT2D eigenvalue weighted by Crippen LogP contribution is 2.34. The van der Waals surface area contributed by atoms with Crippen LogP contribution in [-0.2, 0) is 32.3 Å². The van der Waals surface area contributed by atoms with E-state index in [2.05, 4.69) is 20.3 Å². The van der Waals surface area contributed by atoms with Gasteiger partial charge in [0.1, 0.15) is 17.8 Å². The molecular formula is C23H19F4N5O4S. The molecule has 1 fully saturated rings. The van der Waals surface area contributed by atoms with Gasteiger partial charge in [-0.3, -0.25) is 9.78 Å². The molecule has 0 spiro atoms. The quantitative estimate of drug-likeness (QED) is 0.279. The Labute approximate surface area is 208 Å². The average Bonchev–Trinajstić information content (AvgIpc) is 3.34. The van der Waals surface area contributed by atoms with Crippen LogP contribution in [0.1, 0.15) is 24.2 Å². The standard InChI is InChI=1S/C23H19F4N5O4S/c24-16-3-5-18(6-4-16)37(35,36)32-9-1-8-22(32,13-33)21(34)29-12-17-10-19(31-14-30-17)15-2-7-20(28-11-15)23(25,26)27/h2-7,10-11,13-14H,1,8-9,12H2,(H,29,34)/t22-/m1/s1. The first-order valence-electron chi connectivity index (χ1n) is 10.8. The minimum atomic E-state index is -4.59. The van der Waals surface area contributed by atoms with E-state index in [0.717, 1.165) is 47.2 Å². The van der Waals surface area contributed by atoms with E-state index in [-0.39, 0.29) is 54.1 Å². The molecule has 0 unspecified atom stereocenters. The van der Waals surface area contributed by atoms with Gasteiger partial charge in [0, 0.05) is 18.3 Å². The monoisotopic (exact) mass is 537 g/mol. The summed E-state index contributed by atoms with van der Waals surface area (Å²) in [7, 11) is -4.30. The van der Waals surface area contributed by atoms with E-state index in [1.54, 1.807) is 0 Å². The minimum absolute atomic E-state index is 0.0605. The highest BCUT2D eigenvalue weighted by atomic mass is 32.2. The third-order valence-electron chi connectivity index (χ3n) is 5.86. The zero-order chi connectivity index (χ0) is 26.8. The maximum Gasteiger partial charge on any atom is 0.433 e. The molecule has 2 aromatic heterocycles. The number of alkyl halides is 3. The lowest BCUT2D eigenvalue weighted by Gasteiger charge is -2.31. The predicted molar refractivity (Wildman–Crippen MR) is 120 cm³/mol. The summed E-state index contributed by atoms with van der Waals surface area (Å²) in [6.07, 6.45) is -1.99. The lowest BCUT2D eigenvalue weighted by molar-refractivity contribution is -0.141. The van der Waals surface area contributed by atoms with Crippen LogP contribution >= 0.6 is 0 Å². The summed E-state index contributed by atoms with van der Waals surface area (Å²) in [5, 5.41) is 2.51. The number of pyridine rings is 1. The summed E-state index contributed by atoms with van der Waals surface area (Å²) in [5.41, 5.74) is -2.30. The van der Waals surface area contributed by atoms with Crippen LogP contribution < -0.4 is 5.32 Å². The fourth-order valence-corrected chi connectivity index (χ4v) is 5.72. The molecule has 1 aliphatic rings. The van der Waals surface area contributed by atoms with Gasteiger partial charge < -0.3 is 10.1 Å². The Morgan fingerprint density at radius 3 is 2.46 bits per heavy atom. The van der Waals surface area contributed by atoms with Crippen LogP contribution in [0.3, 0.4) is 0 Å². The fraction of sp³-hybridized carbons (Fsp3) is 0.261. The van der Waals surface area contributed by atoms with Crippen LogP contribution in [0.5, 0.6) is 0 Å². The molecule has 9 nitrogen and oxygen atoms in total. The van der Waals surface area contributed by atoms with Gasteiger partial charge in [0.05, 0.1) is 22.8 Å². The second-order valence-corrected chi connectivity index (χ2v) is 10.0. The molecule has 0 bridgehead atoms. The molecule has 0 saturated carbocycles. The molecule has 1 atom stereocenters. The Morgan fingerprint density at radius 1 is 1.11 bits per heavy atom. The van der Waals surface area contributed by atoms with Gasteiger partial charge in [0.2, 0.25) is 15.9 Å². The number of aldehydes is 1. The summed E-state index contributed by atoms with van der Waals surface area (Å²) in [5.74, 6) is -1.52. The number of aromatic nitrogens is 3. The number of sulfonamides is 1. The van der Waals surface area contributed by atoms with E-state index in [9.17, 15) is 35.6 Å². The Bertz CT molecular complexity index is 1420. The first-order valence-corrected chi connectivity index (χ1v) is 12.3. The molecule has 0 aliphatic carbocycles. The van der Waals surface area contributed by atoms with Crippen molar-refractivity contribution in [2.75, 3.05) is 6.54 Å². The van der Waals surface area contributed by atoms with Gasteiger partial charge in [0.25, 0.3) is 0 Å². The zero-order valence-electron chi connectivity index (χ0n) is 18.9. The van der Waals surface area contributed by atoms with Crippen LogP contribution in [-0.4, -0.2) is 52.0 Å². The van der Waals surface area contributed by atoms with E-state index in [1.807, 2.05) is 0 Å². The topological polar surface area (TPSA) is 122 Å². The largest absolute Gasteiger partial charge is 0.433 e. The molecule has 1 aromatic carbocycles. The van der Waals surface area contributed by atoms with Crippen molar-refractivity contribution in [3.8, 4) is 11.3 Å². The maximum atomic E-state index is 13.3. The van der Waals surface area contributed by atoms with Crippen molar-refractivity contribution in [2.45, 2.75) is 36.0 Å². The third kappa shape index (κ3) is 5.20. The molecule has 37 heavy (non-hydrogen) atoms. The van der Waals surface area contributed by atoms with Crippen LogP contribution in [0, 0.1) is 5.82 Å². The van der Waals surface area contributed by atoms with Gasteiger partial charge in [-0.05, 0) is 55.3 Å². The Balaban J connectivity index is 1.52. The van der Waals surface area contributed by atoms with Gasteiger partial charge in [-0.2, -0.15) is 17.5 Å². The molecule has 1 N–H and O–H groups in total. The normalized spacial score (nSPS) is 18.5. The summed E-state index contributed by atoms with van der Waals surface area (Å²) in [4.78, 5) is 36.4. The molecule has 1 aliphatic heterocycles. The summed E-state index contributed by atoms with van der Waals surface area (Å²) in [6, 6.07) is 7.44. The van der Waals surface area contributed by atoms with Gasteiger partial charge in [0.15, 0.2) is 11.8 Å². The number of carbonyl (C=O) groups is 2. The average molecular weight is 537 g/mol. The van der Waals surface area contributed by atoms with Crippen LogP contribution in [0.4, 0.5) is 17.6 Å². The van der Waals surface area contributed by atoms with Crippen molar-refractivity contribution in [1.82, 2.24) is 24.6 Å². The second-order valence-electron chi connectivity index (χ2n) is 8.18. The number of rotatable bonds is 7. The Morgan fingerprint density at radius 2 is 1.84 bits per heavy atom. The van der Waals surface area contributed by atoms with Gasteiger partial charge in [-0.25, -0.2) is 22.8 Å². The number of carbonyl (C=O) groups excluding carboxylic acids is 2. The maximum absolute atomic E-state index is 13.3.